The van der Waals surface area contributed by atoms with Gasteiger partial charge in [0.2, 0.25) is 5.91 Å². The van der Waals surface area contributed by atoms with Crippen LogP contribution in [0, 0.1) is 5.92 Å². The molecule has 4 amide bonds. The molecule has 0 bridgehead atoms. The third-order valence-electron chi connectivity index (χ3n) is 5.63. The summed E-state index contributed by atoms with van der Waals surface area (Å²) in [7, 11) is 0. The molecule has 0 saturated carbocycles. The fraction of sp³-hybridized carbons (Fsp3) is 0.375. The van der Waals surface area contributed by atoms with Gasteiger partial charge < -0.3 is 20.4 Å². The lowest BCUT2D eigenvalue weighted by atomic mass is 9.94. The van der Waals surface area contributed by atoms with Crippen molar-refractivity contribution in [1.29, 1.82) is 0 Å². The molecule has 0 radical (unpaired) electrons. The molecule has 1 aliphatic heterocycles. The molecule has 1 fully saturated rings. The highest BCUT2D eigenvalue weighted by Gasteiger charge is 2.29. The van der Waals surface area contributed by atoms with E-state index in [1.807, 2.05) is 36.9 Å². The SMILES string of the molecule is CCN(CC)C(=O)C1CCN(C(=O)c2ccc(NC(=O)Nc3ccccc3)cc2)CC1. The minimum absolute atomic E-state index is 0.00125. The molecule has 2 N–H and O–H groups in total. The highest BCUT2D eigenvalue weighted by molar-refractivity contribution is 6.00. The predicted molar refractivity (Wildman–Crippen MR) is 122 cm³/mol. The lowest BCUT2D eigenvalue weighted by Gasteiger charge is -2.33. The summed E-state index contributed by atoms with van der Waals surface area (Å²) < 4.78 is 0. The second-order valence-corrected chi connectivity index (χ2v) is 7.60. The van der Waals surface area contributed by atoms with Crippen LogP contribution in [0.15, 0.2) is 54.6 Å². The lowest BCUT2D eigenvalue weighted by Crippen LogP contribution is -2.44. The average Bonchev–Trinajstić information content (AvgIpc) is 2.80. The van der Waals surface area contributed by atoms with Crippen molar-refractivity contribution in [2.75, 3.05) is 36.8 Å². The molecule has 1 heterocycles. The van der Waals surface area contributed by atoms with Crippen molar-refractivity contribution >= 4 is 29.2 Å². The van der Waals surface area contributed by atoms with Crippen LogP contribution in [0.5, 0.6) is 0 Å². The minimum atomic E-state index is -0.342. The van der Waals surface area contributed by atoms with Crippen molar-refractivity contribution in [1.82, 2.24) is 9.80 Å². The summed E-state index contributed by atoms with van der Waals surface area (Å²) in [5, 5.41) is 5.51. The maximum absolute atomic E-state index is 12.8. The molecule has 1 saturated heterocycles. The van der Waals surface area contributed by atoms with E-state index in [2.05, 4.69) is 10.6 Å². The van der Waals surface area contributed by atoms with Crippen LogP contribution in [0.25, 0.3) is 0 Å². The van der Waals surface area contributed by atoms with Crippen LogP contribution in [0.1, 0.15) is 37.0 Å². The number of benzene rings is 2. The number of amides is 4. The normalized spacial score (nSPS) is 14.1. The average molecular weight is 423 g/mol. The van der Waals surface area contributed by atoms with E-state index in [1.54, 1.807) is 41.3 Å². The van der Waals surface area contributed by atoms with E-state index in [0.717, 1.165) is 13.1 Å². The number of hydrogen-bond donors (Lipinski definition) is 2. The number of nitrogens with zero attached hydrogens (tertiary/aromatic N) is 2. The van der Waals surface area contributed by atoms with E-state index in [0.29, 0.717) is 42.9 Å². The Morgan fingerprint density at radius 2 is 1.42 bits per heavy atom. The summed E-state index contributed by atoms with van der Waals surface area (Å²) >= 11 is 0. The van der Waals surface area contributed by atoms with Crippen molar-refractivity contribution in [2.24, 2.45) is 5.92 Å². The van der Waals surface area contributed by atoms with E-state index >= 15 is 0 Å². The second-order valence-electron chi connectivity index (χ2n) is 7.60. The quantitative estimate of drug-likeness (QED) is 0.737. The first-order chi connectivity index (χ1) is 15.0. The zero-order chi connectivity index (χ0) is 22.2. The van der Waals surface area contributed by atoms with E-state index in [9.17, 15) is 14.4 Å². The molecule has 0 aromatic heterocycles. The fourth-order valence-electron chi connectivity index (χ4n) is 3.82. The Balaban J connectivity index is 1.51. The number of urea groups is 1. The van der Waals surface area contributed by atoms with Crippen molar-refractivity contribution in [2.45, 2.75) is 26.7 Å². The molecule has 3 rings (SSSR count). The maximum Gasteiger partial charge on any atom is 0.323 e. The largest absolute Gasteiger partial charge is 0.343 e. The van der Waals surface area contributed by atoms with Gasteiger partial charge >= 0.3 is 6.03 Å². The summed E-state index contributed by atoms with van der Waals surface area (Å²) in [6.07, 6.45) is 1.39. The Bertz CT molecular complexity index is 887. The minimum Gasteiger partial charge on any atom is -0.343 e. The Labute approximate surface area is 183 Å². The summed E-state index contributed by atoms with van der Waals surface area (Å²) in [6.45, 7) is 6.58. The van der Waals surface area contributed by atoms with Gasteiger partial charge in [-0.1, -0.05) is 18.2 Å². The van der Waals surface area contributed by atoms with Crippen molar-refractivity contribution in [3.05, 3.63) is 60.2 Å². The Morgan fingerprint density at radius 1 is 0.871 bits per heavy atom. The van der Waals surface area contributed by atoms with Crippen LogP contribution >= 0.6 is 0 Å². The first-order valence-electron chi connectivity index (χ1n) is 10.8. The van der Waals surface area contributed by atoms with Gasteiger partial charge in [0.25, 0.3) is 5.91 Å². The standard InChI is InChI=1S/C24H30N4O3/c1-3-27(4-2)22(29)19-14-16-28(17-15-19)23(30)18-10-12-21(13-11-18)26-24(31)25-20-8-6-5-7-9-20/h5-13,19H,3-4,14-17H2,1-2H3,(H2,25,26,31). The molecule has 2 aromatic rings. The number of likely N-dealkylation sites (tertiary alicyclic amines) is 1. The van der Waals surface area contributed by atoms with Gasteiger partial charge in [-0.25, -0.2) is 4.79 Å². The van der Waals surface area contributed by atoms with Gasteiger partial charge in [0.1, 0.15) is 0 Å². The number of carbonyl (C=O) groups excluding carboxylic acids is 3. The zero-order valence-corrected chi connectivity index (χ0v) is 18.1. The van der Waals surface area contributed by atoms with E-state index in [1.165, 1.54) is 0 Å². The van der Waals surface area contributed by atoms with Crippen LogP contribution in [0.3, 0.4) is 0 Å². The molecule has 0 spiro atoms. The van der Waals surface area contributed by atoms with Gasteiger partial charge in [0, 0.05) is 49.0 Å². The summed E-state index contributed by atoms with van der Waals surface area (Å²) in [5.74, 6) is 0.147. The number of nitrogens with one attached hydrogen (secondary N) is 2. The van der Waals surface area contributed by atoms with Gasteiger partial charge in [0.15, 0.2) is 0 Å². The number of para-hydroxylation sites is 1. The number of anilines is 2. The number of carbonyl (C=O) groups is 3. The molecule has 0 atom stereocenters. The monoisotopic (exact) mass is 422 g/mol. The van der Waals surface area contributed by atoms with E-state index in [4.69, 9.17) is 0 Å². The van der Waals surface area contributed by atoms with Crippen LogP contribution in [0.4, 0.5) is 16.2 Å². The smallest absolute Gasteiger partial charge is 0.323 e. The van der Waals surface area contributed by atoms with Crippen LogP contribution < -0.4 is 10.6 Å². The molecule has 164 valence electrons. The molecule has 31 heavy (non-hydrogen) atoms. The number of hydrogen-bond acceptors (Lipinski definition) is 3. The first kappa shape index (κ1) is 22.3. The molecule has 0 aliphatic carbocycles. The molecule has 2 aromatic carbocycles. The second kappa shape index (κ2) is 10.6. The van der Waals surface area contributed by atoms with Crippen LogP contribution in [-0.4, -0.2) is 53.8 Å². The van der Waals surface area contributed by atoms with Crippen LogP contribution in [-0.2, 0) is 4.79 Å². The van der Waals surface area contributed by atoms with Gasteiger partial charge in [-0.3, -0.25) is 9.59 Å². The molecular weight excluding hydrogens is 392 g/mol. The van der Waals surface area contributed by atoms with Gasteiger partial charge in [-0.05, 0) is 63.1 Å². The molecule has 0 unspecified atom stereocenters. The highest BCUT2D eigenvalue weighted by atomic mass is 16.2. The van der Waals surface area contributed by atoms with E-state index in [-0.39, 0.29) is 23.8 Å². The highest BCUT2D eigenvalue weighted by Crippen LogP contribution is 2.22. The zero-order valence-electron chi connectivity index (χ0n) is 18.1. The summed E-state index contributed by atoms with van der Waals surface area (Å²) in [6, 6.07) is 15.7. The Morgan fingerprint density at radius 3 is 1.97 bits per heavy atom. The fourth-order valence-corrected chi connectivity index (χ4v) is 3.82. The summed E-state index contributed by atoms with van der Waals surface area (Å²) in [5.41, 5.74) is 1.88. The molecule has 7 nitrogen and oxygen atoms in total. The van der Waals surface area contributed by atoms with Gasteiger partial charge in [-0.2, -0.15) is 0 Å². The van der Waals surface area contributed by atoms with Crippen molar-refractivity contribution < 1.29 is 14.4 Å². The lowest BCUT2D eigenvalue weighted by molar-refractivity contribution is -0.136. The number of rotatable bonds is 6. The molecule has 7 heteroatoms. The number of piperidine rings is 1. The third kappa shape index (κ3) is 5.84. The third-order valence-corrected chi connectivity index (χ3v) is 5.63. The summed E-state index contributed by atoms with van der Waals surface area (Å²) in [4.78, 5) is 41.1. The van der Waals surface area contributed by atoms with Crippen molar-refractivity contribution in [3.63, 3.8) is 0 Å². The van der Waals surface area contributed by atoms with E-state index < -0.39 is 0 Å². The van der Waals surface area contributed by atoms with Gasteiger partial charge in [-0.15, -0.1) is 0 Å². The van der Waals surface area contributed by atoms with Crippen molar-refractivity contribution in [3.8, 4) is 0 Å². The Kier molecular flexibility index (Phi) is 7.65. The molecule has 1 aliphatic rings. The van der Waals surface area contributed by atoms with Crippen LogP contribution in [0.2, 0.25) is 0 Å². The van der Waals surface area contributed by atoms with Gasteiger partial charge in [0.05, 0.1) is 0 Å². The topological polar surface area (TPSA) is 81.8 Å². The Hall–Kier alpha value is -3.35. The first-order valence-corrected chi connectivity index (χ1v) is 10.8. The maximum atomic E-state index is 12.8. The molecular formula is C24H30N4O3. The predicted octanol–water partition coefficient (Wildman–Crippen LogP) is 4.05.